The summed E-state index contributed by atoms with van der Waals surface area (Å²) in [5.41, 5.74) is 6.12. The normalized spacial score (nSPS) is 21.2. The summed E-state index contributed by atoms with van der Waals surface area (Å²) >= 11 is 5.71. The molecule has 0 radical (unpaired) electrons. The lowest BCUT2D eigenvalue weighted by molar-refractivity contribution is -0.116. The monoisotopic (exact) mass is 209 g/mol. The Hall–Kier alpha value is -1.55. The number of hydrogen-bond acceptors (Lipinski definition) is 3. The first-order valence-corrected chi connectivity index (χ1v) is 4.51. The second-order valence-corrected chi connectivity index (χ2v) is 3.31. The third-order valence-electron chi connectivity index (χ3n) is 1.90. The maximum atomic E-state index is 11.5. The van der Waals surface area contributed by atoms with Crippen molar-refractivity contribution in [1.29, 1.82) is 0 Å². The number of hydrogen-bond donors (Lipinski definition) is 1. The number of rotatable bonds is 1. The van der Waals surface area contributed by atoms with Gasteiger partial charge in [0.15, 0.2) is 5.38 Å². The zero-order chi connectivity index (χ0) is 10.1. The summed E-state index contributed by atoms with van der Waals surface area (Å²) in [7, 11) is 0. The third kappa shape index (κ3) is 1.33. The first-order chi connectivity index (χ1) is 6.70. The molecule has 1 aliphatic rings. The van der Waals surface area contributed by atoms with Crippen molar-refractivity contribution in [1.82, 2.24) is 0 Å². The molecule has 1 aliphatic heterocycles. The Bertz CT molecular complexity index is 390. The van der Waals surface area contributed by atoms with Crippen molar-refractivity contribution in [2.45, 2.75) is 5.38 Å². The number of amides is 1. The summed E-state index contributed by atoms with van der Waals surface area (Å²) in [6.45, 7) is 0. The van der Waals surface area contributed by atoms with Crippen LogP contribution < -0.4 is 10.7 Å². The van der Waals surface area contributed by atoms with E-state index in [9.17, 15) is 4.79 Å². The lowest BCUT2D eigenvalue weighted by Gasteiger charge is -2.10. The summed E-state index contributed by atoms with van der Waals surface area (Å²) in [4.78, 5) is 11.5. The molecule has 0 saturated heterocycles. The second-order valence-electron chi connectivity index (χ2n) is 2.87. The number of anilines is 1. The van der Waals surface area contributed by atoms with E-state index in [0.717, 1.165) is 0 Å². The van der Waals surface area contributed by atoms with Crippen molar-refractivity contribution >= 4 is 29.0 Å². The molecule has 1 heterocycles. The molecule has 1 amide bonds. The number of carbonyl (C=O) groups is 1. The summed E-state index contributed by atoms with van der Waals surface area (Å²) in [5, 5.41) is 4.24. The van der Waals surface area contributed by atoms with Crippen LogP contribution in [0.1, 0.15) is 0 Å². The molecule has 14 heavy (non-hydrogen) atoms. The van der Waals surface area contributed by atoms with E-state index in [4.69, 9.17) is 17.3 Å². The number of halogens is 1. The van der Waals surface area contributed by atoms with Gasteiger partial charge in [-0.2, -0.15) is 10.1 Å². The van der Waals surface area contributed by atoms with Crippen LogP contribution in [0, 0.1) is 0 Å². The fourth-order valence-electron chi connectivity index (χ4n) is 1.20. The maximum absolute atomic E-state index is 11.5. The molecule has 0 saturated carbocycles. The molecule has 4 nitrogen and oxygen atoms in total. The number of para-hydroxylation sites is 1. The van der Waals surface area contributed by atoms with Gasteiger partial charge < -0.3 is 5.73 Å². The highest BCUT2D eigenvalue weighted by atomic mass is 35.5. The first kappa shape index (κ1) is 9.02. The minimum Gasteiger partial charge on any atom is -0.384 e. The predicted molar refractivity (Wildman–Crippen MR) is 55.2 cm³/mol. The predicted octanol–water partition coefficient (Wildman–Crippen LogP) is 0.913. The van der Waals surface area contributed by atoms with Crippen LogP contribution in [-0.2, 0) is 4.79 Å². The van der Waals surface area contributed by atoms with Gasteiger partial charge in [-0.15, -0.1) is 11.6 Å². The van der Waals surface area contributed by atoms with Crippen molar-refractivity contribution in [3.63, 3.8) is 0 Å². The Labute approximate surface area is 86.0 Å². The van der Waals surface area contributed by atoms with Gasteiger partial charge in [-0.25, -0.2) is 0 Å². The molecular weight excluding hydrogens is 202 g/mol. The second kappa shape index (κ2) is 3.31. The van der Waals surface area contributed by atoms with Gasteiger partial charge in [-0.05, 0) is 12.1 Å². The van der Waals surface area contributed by atoms with Gasteiger partial charge in [0.1, 0.15) is 5.84 Å². The Morgan fingerprint density at radius 2 is 2.00 bits per heavy atom. The average Bonchev–Trinajstić information content (AvgIpc) is 2.47. The van der Waals surface area contributed by atoms with E-state index < -0.39 is 5.38 Å². The van der Waals surface area contributed by atoms with Gasteiger partial charge in [0.2, 0.25) is 0 Å². The molecular formula is C9H8ClN3O. The molecule has 72 valence electrons. The van der Waals surface area contributed by atoms with Crippen LogP contribution in [0.25, 0.3) is 0 Å². The average molecular weight is 210 g/mol. The van der Waals surface area contributed by atoms with Gasteiger partial charge in [-0.3, -0.25) is 4.79 Å². The number of hydrazone groups is 1. The Morgan fingerprint density at radius 1 is 1.36 bits per heavy atom. The molecule has 2 N–H and O–H groups in total. The molecule has 0 spiro atoms. The van der Waals surface area contributed by atoms with Gasteiger partial charge in [0, 0.05) is 0 Å². The molecule has 0 aliphatic carbocycles. The standard InChI is InChI=1S/C9H8ClN3O/c10-7-8(11)12-13(9(7)14)6-4-2-1-3-5-6/h1-5,7H,(H2,11,12). The van der Waals surface area contributed by atoms with Gasteiger partial charge in [0.25, 0.3) is 5.91 Å². The zero-order valence-electron chi connectivity index (χ0n) is 7.22. The van der Waals surface area contributed by atoms with E-state index in [0.29, 0.717) is 5.69 Å². The molecule has 5 heteroatoms. The summed E-state index contributed by atoms with van der Waals surface area (Å²) in [6, 6.07) is 9.02. The fraction of sp³-hybridized carbons (Fsp3) is 0.111. The topological polar surface area (TPSA) is 58.7 Å². The Kier molecular flexibility index (Phi) is 2.13. The highest BCUT2D eigenvalue weighted by Crippen LogP contribution is 2.21. The molecule has 0 bridgehead atoms. The highest BCUT2D eigenvalue weighted by molar-refractivity contribution is 6.45. The van der Waals surface area contributed by atoms with Crippen LogP contribution in [0.3, 0.4) is 0 Å². The summed E-state index contributed by atoms with van der Waals surface area (Å²) in [6.07, 6.45) is 0. The molecule has 1 aromatic rings. The maximum Gasteiger partial charge on any atom is 0.273 e. The minimum absolute atomic E-state index is 0.139. The van der Waals surface area contributed by atoms with Crippen LogP contribution in [-0.4, -0.2) is 17.1 Å². The smallest absolute Gasteiger partial charge is 0.273 e. The first-order valence-electron chi connectivity index (χ1n) is 4.07. The lowest BCUT2D eigenvalue weighted by atomic mass is 10.3. The van der Waals surface area contributed by atoms with Crippen molar-refractivity contribution in [3.8, 4) is 0 Å². The number of nitrogens with zero attached hydrogens (tertiary/aromatic N) is 2. The molecule has 0 aromatic heterocycles. The van der Waals surface area contributed by atoms with Crippen molar-refractivity contribution in [2.75, 3.05) is 5.01 Å². The quantitative estimate of drug-likeness (QED) is 0.699. The summed E-state index contributed by atoms with van der Waals surface area (Å²) in [5.74, 6) is -0.170. The highest BCUT2D eigenvalue weighted by Gasteiger charge is 2.33. The molecule has 1 atom stereocenters. The number of nitrogens with two attached hydrogens (primary N) is 1. The van der Waals surface area contributed by atoms with E-state index in [-0.39, 0.29) is 11.7 Å². The zero-order valence-corrected chi connectivity index (χ0v) is 7.98. The van der Waals surface area contributed by atoms with E-state index in [1.165, 1.54) is 5.01 Å². The molecule has 1 unspecified atom stereocenters. The van der Waals surface area contributed by atoms with Crippen LogP contribution in [0.15, 0.2) is 35.4 Å². The Morgan fingerprint density at radius 3 is 2.50 bits per heavy atom. The minimum atomic E-state index is -0.838. The van der Waals surface area contributed by atoms with Crippen LogP contribution >= 0.6 is 11.6 Å². The van der Waals surface area contributed by atoms with Crippen LogP contribution in [0.2, 0.25) is 0 Å². The number of carbonyl (C=O) groups excluding carboxylic acids is 1. The number of benzene rings is 1. The van der Waals surface area contributed by atoms with E-state index >= 15 is 0 Å². The van der Waals surface area contributed by atoms with Gasteiger partial charge in [-0.1, -0.05) is 18.2 Å². The Balaban J connectivity index is 2.35. The third-order valence-corrected chi connectivity index (χ3v) is 2.31. The van der Waals surface area contributed by atoms with E-state index in [2.05, 4.69) is 5.10 Å². The molecule has 1 aromatic carbocycles. The van der Waals surface area contributed by atoms with Crippen LogP contribution in [0.5, 0.6) is 0 Å². The summed E-state index contributed by atoms with van der Waals surface area (Å²) < 4.78 is 0. The lowest BCUT2D eigenvalue weighted by Crippen LogP contribution is -2.30. The van der Waals surface area contributed by atoms with Crippen molar-refractivity contribution in [2.24, 2.45) is 10.8 Å². The largest absolute Gasteiger partial charge is 0.384 e. The fourth-order valence-corrected chi connectivity index (χ4v) is 1.34. The van der Waals surface area contributed by atoms with Crippen LogP contribution in [0.4, 0.5) is 5.69 Å². The van der Waals surface area contributed by atoms with E-state index in [1.807, 2.05) is 18.2 Å². The number of amidine groups is 1. The van der Waals surface area contributed by atoms with Gasteiger partial charge >= 0.3 is 0 Å². The molecule has 2 rings (SSSR count). The van der Waals surface area contributed by atoms with E-state index in [1.54, 1.807) is 12.1 Å². The molecule has 0 fully saturated rings. The van der Waals surface area contributed by atoms with Gasteiger partial charge in [0.05, 0.1) is 5.69 Å². The number of alkyl halides is 1. The SMILES string of the molecule is NC1=NN(c2ccccc2)C(=O)C1Cl. The van der Waals surface area contributed by atoms with Crippen molar-refractivity contribution < 1.29 is 4.79 Å². The van der Waals surface area contributed by atoms with Crippen molar-refractivity contribution in [3.05, 3.63) is 30.3 Å².